The van der Waals surface area contributed by atoms with Crippen molar-refractivity contribution in [3.8, 4) is 6.07 Å². The molecule has 2 amide bonds. The Morgan fingerprint density at radius 2 is 2.08 bits per heavy atom. The molecule has 0 bridgehead atoms. The molecule has 0 aliphatic rings. The molecule has 2 aromatic rings. The lowest BCUT2D eigenvalue weighted by Gasteiger charge is -2.07. The molecule has 5 nitrogen and oxygen atoms in total. The highest BCUT2D eigenvalue weighted by molar-refractivity contribution is 7.16. The zero-order valence-corrected chi connectivity index (χ0v) is 15.1. The second kappa shape index (κ2) is 8.10. The number of nitrogens with zero attached hydrogens (tertiary/aromatic N) is 1. The first-order valence-corrected chi connectivity index (χ1v) is 8.56. The van der Waals surface area contributed by atoms with Crippen molar-refractivity contribution in [1.82, 2.24) is 5.32 Å². The van der Waals surface area contributed by atoms with Gasteiger partial charge < -0.3 is 10.6 Å². The van der Waals surface area contributed by atoms with Crippen molar-refractivity contribution >= 4 is 39.8 Å². The Balaban J connectivity index is 1.90. The van der Waals surface area contributed by atoms with E-state index in [1.54, 1.807) is 0 Å². The van der Waals surface area contributed by atoms with Crippen LogP contribution in [0.4, 0.5) is 9.39 Å². The second-order valence-corrected chi connectivity index (χ2v) is 6.91. The molecule has 0 fully saturated rings. The molecule has 2 N–H and O–H groups in total. The molecule has 0 unspecified atom stereocenters. The third-order valence-corrected chi connectivity index (χ3v) is 5.00. The molecule has 0 aliphatic carbocycles. The molecule has 0 saturated heterocycles. The molecular weight excluding hydrogens is 365 g/mol. The van der Waals surface area contributed by atoms with Gasteiger partial charge in [0.1, 0.15) is 16.9 Å². The van der Waals surface area contributed by atoms with Crippen LogP contribution in [0.2, 0.25) is 5.02 Å². The number of nitriles is 1. The van der Waals surface area contributed by atoms with Crippen molar-refractivity contribution in [3.05, 3.63) is 50.6 Å². The molecule has 1 aromatic carbocycles. The van der Waals surface area contributed by atoms with Gasteiger partial charge in [0, 0.05) is 17.8 Å². The fourth-order valence-corrected chi connectivity index (χ4v) is 3.38. The van der Waals surface area contributed by atoms with E-state index >= 15 is 0 Å². The third-order valence-electron chi connectivity index (χ3n) is 3.56. The molecule has 2 rings (SSSR count). The number of halogens is 2. The molecule has 1 aromatic heterocycles. The highest BCUT2D eigenvalue weighted by Crippen LogP contribution is 2.31. The molecule has 8 heteroatoms. The van der Waals surface area contributed by atoms with E-state index < -0.39 is 11.7 Å². The van der Waals surface area contributed by atoms with Crippen LogP contribution in [0.1, 0.15) is 32.8 Å². The predicted octanol–water partition coefficient (Wildman–Crippen LogP) is 3.79. The molecule has 0 aliphatic heterocycles. The summed E-state index contributed by atoms with van der Waals surface area (Å²) in [6.07, 6.45) is 0.0332. The summed E-state index contributed by atoms with van der Waals surface area (Å²) in [7, 11) is 0. The first-order chi connectivity index (χ1) is 11.8. The van der Waals surface area contributed by atoms with E-state index in [1.165, 1.54) is 17.4 Å². The van der Waals surface area contributed by atoms with Gasteiger partial charge in [0.05, 0.1) is 16.1 Å². The Hall–Kier alpha value is -2.43. The lowest BCUT2D eigenvalue weighted by Crippen LogP contribution is -2.27. The van der Waals surface area contributed by atoms with Crippen LogP contribution >= 0.6 is 22.9 Å². The maximum absolute atomic E-state index is 13.0. The first-order valence-electron chi connectivity index (χ1n) is 7.36. The molecule has 0 radical (unpaired) electrons. The van der Waals surface area contributed by atoms with Gasteiger partial charge in [-0.15, -0.1) is 11.3 Å². The van der Waals surface area contributed by atoms with Gasteiger partial charge in [-0.05, 0) is 37.6 Å². The molecule has 130 valence electrons. The quantitative estimate of drug-likeness (QED) is 0.829. The number of nitrogens with one attached hydrogen (secondary N) is 2. The molecule has 0 spiro atoms. The van der Waals surface area contributed by atoms with Gasteiger partial charge in [0.25, 0.3) is 5.91 Å². The van der Waals surface area contributed by atoms with Crippen molar-refractivity contribution < 1.29 is 14.0 Å². The maximum atomic E-state index is 13.0. The number of benzene rings is 1. The lowest BCUT2D eigenvalue weighted by molar-refractivity contribution is -0.116. The molecule has 1 heterocycles. The van der Waals surface area contributed by atoms with Crippen molar-refractivity contribution in [3.63, 3.8) is 0 Å². The van der Waals surface area contributed by atoms with Gasteiger partial charge >= 0.3 is 0 Å². The summed E-state index contributed by atoms with van der Waals surface area (Å²) in [5, 5.41) is 14.9. The molecular formula is C17H15ClFN3O2S. The Kier molecular flexibility index (Phi) is 6.12. The monoisotopic (exact) mass is 379 g/mol. The van der Waals surface area contributed by atoms with Crippen LogP contribution in [0, 0.1) is 31.0 Å². The highest BCUT2D eigenvalue weighted by Gasteiger charge is 2.15. The second-order valence-electron chi connectivity index (χ2n) is 5.28. The zero-order chi connectivity index (χ0) is 18.6. The molecule has 0 saturated carbocycles. The van der Waals surface area contributed by atoms with Crippen molar-refractivity contribution in [2.24, 2.45) is 0 Å². The largest absolute Gasteiger partial charge is 0.351 e. The van der Waals surface area contributed by atoms with E-state index in [1.807, 2.05) is 13.8 Å². The average molecular weight is 380 g/mol. The predicted molar refractivity (Wildman–Crippen MR) is 95.5 cm³/mol. The summed E-state index contributed by atoms with van der Waals surface area (Å²) >= 11 is 7.15. The number of anilines is 1. The highest BCUT2D eigenvalue weighted by atomic mass is 35.5. The third kappa shape index (κ3) is 4.56. The normalized spacial score (nSPS) is 10.2. The minimum absolute atomic E-state index is 0.00477. The van der Waals surface area contributed by atoms with Crippen molar-refractivity contribution in [2.45, 2.75) is 20.3 Å². The van der Waals surface area contributed by atoms with Gasteiger partial charge in [-0.2, -0.15) is 5.26 Å². The minimum Gasteiger partial charge on any atom is -0.351 e. The van der Waals surface area contributed by atoms with Crippen LogP contribution in [0.5, 0.6) is 0 Å². The SMILES string of the molecule is Cc1sc(NC(=O)CCNC(=O)c2ccc(F)cc2Cl)c(C#N)c1C. The van der Waals surface area contributed by atoms with E-state index in [0.717, 1.165) is 22.6 Å². The van der Waals surface area contributed by atoms with Gasteiger partial charge in [0.2, 0.25) is 5.91 Å². The van der Waals surface area contributed by atoms with Gasteiger partial charge in [-0.3, -0.25) is 9.59 Å². The summed E-state index contributed by atoms with van der Waals surface area (Å²) in [5.74, 6) is -1.34. The summed E-state index contributed by atoms with van der Waals surface area (Å²) in [4.78, 5) is 24.9. The number of rotatable bonds is 5. The Morgan fingerprint density at radius 3 is 2.72 bits per heavy atom. The van der Waals surface area contributed by atoms with Crippen molar-refractivity contribution in [2.75, 3.05) is 11.9 Å². The number of amides is 2. The first kappa shape index (κ1) is 18.9. The maximum Gasteiger partial charge on any atom is 0.252 e. The van der Waals surface area contributed by atoms with Gasteiger partial charge in [-0.1, -0.05) is 11.6 Å². The Labute approximate surface area is 153 Å². The van der Waals surface area contributed by atoms with E-state index in [2.05, 4.69) is 16.7 Å². The number of aryl methyl sites for hydroxylation is 1. The summed E-state index contributed by atoms with van der Waals surface area (Å²) < 4.78 is 13.0. The smallest absolute Gasteiger partial charge is 0.252 e. The fraction of sp³-hybridized carbons (Fsp3) is 0.235. The van der Waals surface area contributed by atoms with Crippen LogP contribution in [-0.2, 0) is 4.79 Å². The van der Waals surface area contributed by atoms with Gasteiger partial charge in [-0.25, -0.2) is 4.39 Å². The van der Waals surface area contributed by atoms with E-state index in [4.69, 9.17) is 16.9 Å². The van der Waals surface area contributed by atoms with E-state index in [0.29, 0.717) is 10.6 Å². The van der Waals surface area contributed by atoms with Crippen LogP contribution < -0.4 is 10.6 Å². The number of carbonyl (C=O) groups is 2. The fourth-order valence-electron chi connectivity index (χ4n) is 2.10. The lowest BCUT2D eigenvalue weighted by atomic mass is 10.2. The average Bonchev–Trinajstić information content (AvgIpc) is 2.80. The Morgan fingerprint density at radius 1 is 1.36 bits per heavy atom. The topological polar surface area (TPSA) is 82.0 Å². The minimum atomic E-state index is -0.532. The van der Waals surface area contributed by atoms with Crippen LogP contribution in [0.3, 0.4) is 0 Å². The van der Waals surface area contributed by atoms with Crippen LogP contribution in [0.25, 0.3) is 0 Å². The summed E-state index contributed by atoms with van der Waals surface area (Å²) in [6, 6.07) is 5.55. The number of thiophene rings is 1. The number of hydrogen-bond acceptors (Lipinski definition) is 4. The van der Waals surface area contributed by atoms with Crippen molar-refractivity contribution in [1.29, 1.82) is 5.26 Å². The summed E-state index contributed by atoms with van der Waals surface area (Å²) in [5.41, 5.74) is 1.44. The van der Waals surface area contributed by atoms with Gasteiger partial charge in [0.15, 0.2) is 0 Å². The van der Waals surface area contributed by atoms with Crippen LogP contribution in [-0.4, -0.2) is 18.4 Å². The van der Waals surface area contributed by atoms with E-state index in [9.17, 15) is 14.0 Å². The standard InChI is InChI=1S/C17H15ClFN3O2S/c1-9-10(2)25-17(13(9)8-20)22-15(23)5-6-21-16(24)12-4-3-11(19)7-14(12)18/h3-4,7H,5-6H2,1-2H3,(H,21,24)(H,22,23). The zero-order valence-electron chi connectivity index (χ0n) is 13.6. The summed E-state index contributed by atoms with van der Waals surface area (Å²) in [6.45, 7) is 3.79. The van der Waals surface area contributed by atoms with Crippen LogP contribution in [0.15, 0.2) is 18.2 Å². The number of hydrogen-bond donors (Lipinski definition) is 2. The molecule has 25 heavy (non-hydrogen) atoms. The van der Waals surface area contributed by atoms with E-state index in [-0.39, 0.29) is 29.5 Å². The Bertz CT molecular complexity index is 874. The number of carbonyl (C=O) groups excluding carboxylic acids is 2. The molecule has 0 atom stereocenters.